The van der Waals surface area contributed by atoms with Gasteiger partial charge in [0, 0.05) is 0 Å². The molecule has 4 nitrogen and oxygen atoms in total. The maximum Gasteiger partial charge on any atom is 0.250 e. The highest BCUT2D eigenvalue weighted by Crippen LogP contribution is 2.22. The van der Waals surface area contributed by atoms with Gasteiger partial charge in [-0.3, -0.25) is 0 Å². The highest BCUT2D eigenvalue weighted by Gasteiger charge is 2.12. The predicted molar refractivity (Wildman–Crippen MR) is 66.4 cm³/mol. The third kappa shape index (κ3) is 2.92. The van der Waals surface area contributed by atoms with Gasteiger partial charge in [0.1, 0.15) is 5.82 Å². The van der Waals surface area contributed by atoms with Gasteiger partial charge in [0.25, 0.3) is 5.89 Å². The Morgan fingerprint density at radius 1 is 1.33 bits per heavy atom. The molecule has 0 bridgehead atoms. The Labute approximate surface area is 105 Å². The van der Waals surface area contributed by atoms with E-state index in [0.717, 1.165) is 18.5 Å². The smallest absolute Gasteiger partial charge is 0.250 e. The quantitative estimate of drug-likeness (QED) is 0.828. The lowest BCUT2D eigenvalue weighted by atomic mass is 10.1. The molecule has 1 N–H and O–H groups in total. The summed E-state index contributed by atoms with van der Waals surface area (Å²) in [5.41, 5.74) is 1.20. The van der Waals surface area contributed by atoms with Crippen LogP contribution < -0.4 is 5.32 Å². The van der Waals surface area contributed by atoms with E-state index in [-0.39, 0.29) is 11.7 Å². The van der Waals surface area contributed by atoms with Crippen LogP contribution in [-0.2, 0) is 6.54 Å². The van der Waals surface area contributed by atoms with E-state index in [1.807, 2.05) is 13.0 Å². The number of nitrogens with zero attached hydrogens (tertiary/aromatic N) is 2. The highest BCUT2D eigenvalue weighted by molar-refractivity contribution is 5.54. The normalized spacial score (nSPS) is 10.8. The Kier molecular flexibility index (Phi) is 4.04. The Morgan fingerprint density at radius 3 is 2.89 bits per heavy atom. The van der Waals surface area contributed by atoms with Crippen LogP contribution in [0.2, 0.25) is 0 Å². The zero-order chi connectivity index (χ0) is 13.0. The van der Waals surface area contributed by atoms with Gasteiger partial charge in [-0.15, -0.1) is 10.2 Å². The standard InChI is InChI=1S/C13H16FN3O/c1-3-6-15-8-12-16-17-13(18-12)10-5-4-9(2)7-11(10)14/h4-5,7,15H,3,6,8H2,1-2H3. The number of nitrogens with one attached hydrogen (secondary N) is 1. The second kappa shape index (κ2) is 5.73. The molecule has 0 fully saturated rings. The van der Waals surface area contributed by atoms with Crippen molar-refractivity contribution in [1.29, 1.82) is 0 Å². The van der Waals surface area contributed by atoms with Gasteiger partial charge >= 0.3 is 0 Å². The van der Waals surface area contributed by atoms with Crippen molar-refractivity contribution in [2.45, 2.75) is 26.8 Å². The van der Waals surface area contributed by atoms with Crippen LogP contribution in [0.5, 0.6) is 0 Å². The Hall–Kier alpha value is -1.75. The fraction of sp³-hybridized carbons (Fsp3) is 0.385. The molecule has 5 heteroatoms. The molecule has 1 aromatic carbocycles. The number of benzene rings is 1. The lowest BCUT2D eigenvalue weighted by molar-refractivity contribution is 0.475. The number of halogens is 1. The first-order valence-electron chi connectivity index (χ1n) is 6.00. The number of hydrogen-bond donors (Lipinski definition) is 1. The monoisotopic (exact) mass is 249 g/mol. The maximum absolute atomic E-state index is 13.7. The summed E-state index contributed by atoms with van der Waals surface area (Å²) in [6.07, 6.45) is 1.04. The predicted octanol–water partition coefficient (Wildman–Crippen LogP) is 2.68. The average Bonchev–Trinajstić information content (AvgIpc) is 2.78. The van der Waals surface area contributed by atoms with Crippen molar-refractivity contribution < 1.29 is 8.81 Å². The number of rotatable bonds is 5. The number of hydrogen-bond acceptors (Lipinski definition) is 4. The summed E-state index contributed by atoms with van der Waals surface area (Å²) in [7, 11) is 0. The minimum atomic E-state index is -0.341. The van der Waals surface area contributed by atoms with E-state index < -0.39 is 0 Å². The first kappa shape index (κ1) is 12.7. The summed E-state index contributed by atoms with van der Waals surface area (Å²) < 4.78 is 19.1. The molecular weight excluding hydrogens is 233 g/mol. The molecule has 0 aliphatic carbocycles. The lowest BCUT2D eigenvalue weighted by Gasteiger charge is -1.99. The van der Waals surface area contributed by atoms with E-state index >= 15 is 0 Å². The van der Waals surface area contributed by atoms with E-state index in [2.05, 4.69) is 22.4 Å². The van der Waals surface area contributed by atoms with Gasteiger partial charge in [0.05, 0.1) is 12.1 Å². The van der Waals surface area contributed by atoms with E-state index in [1.165, 1.54) is 6.07 Å². The largest absolute Gasteiger partial charge is 0.419 e. The molecule has 0 saturated carbocycles. The first-order valence-corrected chi connectivity index (χ1v) is 6.00. The second-order valence-corrected chi connectivity index (χ2v) is 4.16. The molecule has 1 heterocycles. The second-order valence-electron chi connectivity index (χ2n) is 4.16. The Morgan fingerprint density at radius 2 is 2.17 bits per heavy atom. The summed E-state index contributed by atoms with van der Waals surface area (Å²) in [6.45, 7) is 5.31. The third-order valence-corrected chi connectivity index (χ3v) is 2.52. The minimum Gasteiger partial charge on any atom is -0.419 e. The highest BCUT2D eigenvalue weighted by atomic mass is 19.1. The van der Waals surface area contributed by atoms with Crippen molar-refractivity contribution >= 4 is 0 Å². The Bertz CT molecular complexity index is 525. The average molecular weight is 249 g/mol. The molecule has 0 atom stereocenters. The molecule has 0 amide bonds. The molecule has 0 saturated heterocycles. The van der Waals surface area contributed by atoms with Gasteiger partial charge in [0.2, 0.25) is 5.89 Å². The van der Waals surface area contributed by atoms with E-state index in [9.17, 15) is 4.39 Å². The van der Waals surface area contributed by atoms with Gasteiger partial charge in [-0.1, -0.05) is 13.0 Å². The molecule has 2 aromatic rings. The molecule has 0 radical (unpaired) electrons. The zero-order valence-corrected chi connectivity index (χ0v) is 10.5. The van der Waals surface area contributed by atoms with Gasteiger partial charge in [-0.25, -0.2) is 4.39 Å². The fourth-order valence-electron chi connectivity index (χ4n) is 1.60. The summed E-state index contributed by atoms with van der Waals surface area (Å²) in [6, 6.07) is 4.92. The molecule has 1 aromatic heterocycles. The third-order valence-electron chi connectivity index (χ3n) is 2.52. The number of aryl methyl sites for hydroxylation is 1. The SMILES string of the molecule is CCCNCc1nnc(-c2ccc(C)cc2F)o1. The van der Waals surface area contributed by atoms with Crippen LogP contribution >= 0.6 is 0 Å². The van der Waals surface area contributed by atoms with Crippen LogP contribution in [0.15, 0.2) is 22.6 Å². The minimum absolute atomic E-state index is 0.223. The van der Waals surface area contributed by atoms with Crippen molar-refractivity contribution in [1.82, 2.24) is 15.5 Å². The molecule has 0 spiro atoms. The van der Waals surface area contributed by atoms with Crippen molar-refractivity contribution in [2.75, 3.05) is 6.54 Å². The molecule has 2 rings (SSSR count). The van der Waals surface area contributed by atoms with Crippen molar-refractivity contribution in [3.63, 3.8) is 0 Å². The van der Waals surface area contributed by atoms with Gasteiger partial charge in [-0.2, -0.15) is 0 Å². The van der Waals surface area contributed by atoms with E-state index in [1.54, 1.807) is 6.07 Å². The molecule has 0 aliphatic rings. The van der Waals surface area contributed by atoms with Crippen LogP contribution in [0, 0.1) is 12.7 Å². The van der Waals surface area contributed by atoms with Crippen LogP contribution in [0.4, 0.5) is 4.39 Å². The molecule has 18 heavy (non-hydrogen) atoms. The molecule has 0 unspecified atom stereocenters. The lowest BCUT2D eigenvalue weighted by Crippen LogP contribution is -2.13. The molecule has 0 aliphatic heterocycles. The van der Waals surface area contributed by atoms with Crippen molar-refractivity contribution in [2.24, 2.45) is 0 Å². The van der Waals surface area contributed by atoms with Crippen LogP contribution in [0.1, 0.15) is 24.8 Å². The zero-order valence-electron chi connectivity index (χ0n) is 10.5. The van der Waals surface area contributed by atoms with Crippen LogP contribution in [0.25, 0.3) is 11.5 Å². The first-order chi connectivity index (χ1) is 8.70. The van der Waals surface area contributed by atoms with E-state index in [0.29, 0.717) is 18.0 Å². The van der Waals surface area contributed by atoms with Crippen LogP contribution in [-0.4, -0.2) is 16.7 Å². The van der Waals surface area contributed by atoms with E-state index in [4.69, 9.17) is 4.42 Å². The van der Waals surface area contributed by atoms with Crippen molar-refractivity contribution in [3.8, 4) is 11.5 Å². The summed E-state index contributed by atoms with van der Waals surface area (Å²) in [5, 5.41) is 10.9. The maximum atomic E-state index is 13.7. The summed E-state index contributed by atoms with van der Waals surface area (Å²) >= 11 is 0. The summed E-state index contributed by atoms with van der Waals surface area (Å²) in [4.78, 5) is 0. The summed E-state index contributed by atoms with van der Waals surface area (Å²) in [5.74, 6) is 0.353. The van der Waals surface area contributed by atoms with Gasteiger partial charge in [0.15, 0.2) is 0 Å². The molecule has 96 valence electrons. The molecular formula is C13H16FN3O. The van der Waals surface area contributed by atoms with Crippen LogP contribution in [0.3, 0.4) is 0 Å². The van der Waals surface area contributed by atoms with Gasteiger partial charge < -0.3 is 9.73 Å². The van der Waals surface area contributed by atoms with Crippen molar-refractivity contribution in [3.05, 3.63) is 35.5 Å². The number of aromatic nitrogens is 2. The van der Waals surface area contributed by atoms with Gasteiger partial charge in [-0.05, 0) is 37.6 Å². The fourth-order valence-corrected chi connectivity index (χ4v) is 1.60. The Balaban J connectivity index is 2.13. The topological polar surface area (TPSA) is 51.0 Å².